The average Bonchev–Trinajstić information content (AvgIpc) is 3.12. The van der Waals surface area contributed by atoms with Gasteiger partial charge in [-0.3, -0.25) is 9.78 Å². The minimum absolute atomic E-state index is 0.138. The fraction of sp³-hybridized carbons (Fsp3) is 0.364. The van der Waals surface area contributed by atoms with E-state index in [-0.39, 0.29) is 18.6 Å². The summed E-state index contributed by atoms with van der Waals surface area (Å²) in [7, 11) is 1.64. The van der Waals surface area contributed by atoms with Gasteiger partial charge in [0.1, 0.15) is 11.6 Å². The molecule has 8 nitrogen and oxygen atoms in total. The van der Waals surface area contributed by atoms with Crippen molar-refractivity contribution < 1.29 is 14.6 Å². The highest BCUT2D eigenvalue weighted by Crippen LogP contribution is 2.24. The number of nitrogens with zero attached hydrogens (tertiary/aromatic N) is 4. The lowest BCUT2D eigenvalue weighted by molar-refractivity contribution is 0.0922. The van der Waals surface area contributed by atoms with Gasteiger partial charge in [0.25, 0.3) is 5.91 Å². The van der Waals surface area contributed by atoms with Crippen LogP contribution >= 0.6 is 0 Å². The van der Waals surface area contributed by atoms with Crippen LogP contribution < -0.4 is 5.32 Å². The maximum Gasteiger partial charge on any atom is 0.251 e. The van der Waals surface area contributed by atoms with Crippen molar-refractivity contribution in [1.29, 1.82) is 0 Å². The molecule has 0 bridgehead atoms. The number of hydrogen-bond donors (Lipinski definition) is 2. The highest BCUT2D eigenvalue weighted by atomic mass is 16.5. The number of aliphatic hydroxyl groups excluding tert-OH is 1. The lowest BCUT2D eigenvalue weighted by Crippen LogP contribution is -2.35. The molecule has 1 amide bonds. The molecule has 8 heteroatoms. The van der Waals surface area contributed by atoms with E-state index in [0.717, 1.165) is 22.6 Å². The summed E-state index contributed by atoms with van der Waals surface area (Å²) in [6.07, 6.45) is 2.38. The largest absolute Gasteiger partial charge is 0.394 e. The van der Waals surface area contributed by atoms with E-state index in [4.69, 9.17) is 4.74 Å². The molecule has 3 rings (SSSR count). The van der Waals surface area contributed by atoms with Crippen LogP contribution in [0.1, 0.15) is 34.5 Å². The number of amides is 1. The van der Waals surface area contributed by atoms with Crippen molar-refractivity contribution in [3.8, 4) is 16.9 Å². The fourth-order valence-corrected chi connectivity index (χ4v) is 3.02. The second-order valence-electron chi connectivity index (χ2n) is 7.28. The monoisotopic (exact) mass is 409 g/mol. The number of aliphatic hydroxyl groups is 1. The van der Waals surface area contributed by atoms with Crippen LogP contribution in [0.2, 0.25) is 0 Å². The molecule has 0 fully saturated rings. The zero-order valence-corrected chi connectivity index (χ0v) is 17.7. The molecule has 0 spiro atoms. The molecule has 0 aliphatic carbocycles. The van der Waals surface area contributed by atoms with Gasteiger partial charge >= 0.3 is 0 Å². The highest BCUT2D eigenvalue weighted by molar-refractivity contribution is 5.96. The smallest absolute Gasteiger partial charge is 0.251 e. The summed E-state index contributed by atoms with van der Waals surface area (Å²) in [4.78, 5) is 21.8. The molecule has 2 aromatic heterocycles. The van der Waals surface area contributed by atoms with Gasteiger partial charge in [0.05, 0.1) is 24.6 Å². The van der Waals surface area contributed by atoms with Crippen LogP contribution in [0.4, 0.5) is 0 Å². The second-order valence-corrected chi connectivity index (χ2v) is 7.28. The first-order valence-electron chi connectivity index (χ1n) is 9.83. The molecule has 30 heavy (non-hydrogen) atoms. The number of aromatic nitrogens is 4. The van der Waals surface area contributed by atoms with Crippen molar-refractivity contribution in [1.82, 2.24) is 25.1 Å². The third-order valence-electron chi connectivity index (χ3n) is 4.59. The summed E-state index contributed by atoms with van der Waals surface area (Å²) in [6, 6.07) is 9.04. The van der Waals surface area contributed by atoms with Gasteiger partial charge in [-0.2, -0.15) is 5.10 Å². The lowest BCUT2D eigenvalue weighted by Gasteiger charge is -2.14. The third-order valence-corrected chi connectivity index (χ3v) is 4.59. The van der Waals surface area contributed by atoms with Crippen LogP contribution in [0.15, 0.2) is 36.5 Å². The zero-order valence-electron chi connectivity index (χ0n) is 17.7. The molecule has 0 saturated carbocycles. The zero-order chi connectivity index (χ0) is 21.7. The van der Waals surface area contributed by atoms with E-state index in [9.17, 15) is 9.90 Å². The Morgan fingerprint density at radius 2 is 2.07 bits per heavy atom. The van der Waals surface area contributed by atoms with Crippen molar-refractivity contribution >= 4 is 5.91 Å². The number of benzene rings is 1. The number of ether oxygens (including phenoxy) is 1. The minimum atomic E-state index is -0.354. The van der Waals surface area contributed by atoms with Gasteiger partial charge in [-0.15, -0.1) is 0 Å². The van der Waals surface area contributed by atoms with Crippen LogP contribution in [0.25, 0.3) is 16.9 Å². The molecule has 0 aliphatic heterocycles. The molecule has 0 aliphatic rings. The normalized spacial score (nSPS) is 12.0. The molecule has 158 valence electrons. The Morgan fingerprint density at radius 1 is 1.27 bits per heavy atom. The Bertz CT molecular complexity index is 1010. The first-order valence-corrected chi connectivity index (χ1v) is 9.83. The summed E-state index contributed by atoms with van der Waals surface area (Å²) < 4.78 is 6.92. The average molecular weight is 409 g/mol. The van der Waals surface area contributed by atoms with Gasteiger partial charge < -0.3 is 15.2 Å². The molecule has 2 heterocycles. The predicted molar refractivity (Wildman–Crippen MR) is 114 cm³/mol. The standard InChI is InChI=1S/C22H27N5O3/c1-14-5-6-20(23-12-14)17-9-18(22(29)24-15(2)13-28)11-19(10-17)27-21(7-8-30-4)25-16(3)26-27/h5-6,9-12,15,28H,7-8,13H2,1-4H3,(H,24,29)/t15-/m0/s1. The van der Waals surface area contributed by atoms with Crippen LogP contribution in [0, 0.1) is 13.8 Å². The summed E-state index contributed by atoms with van der Waals surface area (Å²) in [5, 5.41) is 16.6. The van der Waals surface area contributed by atoms with Crippen molar-refractivity contribution in [2.45, 2.75) is 33.2 Å². The highest BCUT2D eigenvalue weighted by Gasteiger charge is 2.16. The van der Waals surface area contributed by atoms with Gasteiger partial charge in [-0.25, -0.2) is 9.67 Å². The maximum absolute atomic E-state index is 12.8. The first-order chi connectivity index (χ1) is 14.4. The lowest BCUT2D eigenvalue weighted by atomic mass is 10.0. The topological polar surface area (TPSA) is 102 Å². The third kappa shape index (κ3) is 5.08. The Kier molecular flexibility index (Phi) is 6.91. The quantitative estimate of drug-likeness (QED) is 0.592. The Labute approximate surface area is 175 Å². The Hall–Kier alpha value is -3.10. The predicted octanol–water partition coefficient (Wildman–Crippen LogP) is 2.25. The van der Waals surface area contributed by atoms with Gasteiger partial charge in [0.2, 0.25) is 0 Å². The number of pyridine rings is 1. The summed E-state index contributed by atoms with van der Waals surface area (Å²) in [5.74, 6) is 1.11. The Morgan fingerprint density at radius 3 is 2.73 bits per heavy atom. The van der Waals surface area contributed by atoms with Gasteiger partial charge in [-0.1, -0.05) is 6.07 Å². The van der Waals surface area contributed by atoms with E-state index in [1.165, 1.54) is 0 Å². The molecule has 1 aromatic carbocycles. The van der Waals surface area contributed by atoms with Crippen molar-refractivity contribution in [2.75, 3.05) is 20.3 Å². The van der Waals surface area contributed by atoms with Gasteiger partial charge in [0, 0.05) is 36.9 Å². The molecular weight excluding hydrogens is 382 g/mol. The number of nitrogens with one attached hydrogen (secondary N) is 1. The number of hydrogen-bond acceptors (Lipinski definition) is 6. The van der Waals surface area contributed by atoms with Crippen molar-refractivity contribution in [3.63, 3.8) is 0 Å². The van der Waals surface area contributed by atoms with Crippen LogP contribution in [0.5, 0.6) is 0 Å². The van der Waals surface area contributed by atoms with E-state index in [1.54, 1.807) is 37.0 Å². The molecule has 1 atom stereocenters. The molecule has 2 N–H and O–H groups in total. The van der Waals surface area contributed by atoms with Crippen molar-refractivity contribution in [2.24, 2.45) is 0 Å². The summed E-state index contributed by atoms with van der Waals surface area (Å²) in [6.45, 7) is 5.92. The number of rotatable bonds is 8. The van der Waals surface area contributed by atoms with E-state index < -0.39 is 0 Å². The van der Waals surface area contributed by atoms with Gasteiger partial charge in [0.15, 0.2) is 0 Å². The minimum Gasteiger partial charge on any atom is -0.394 e. The van der Waals surface area contributed by atoms with E-state index in [2.05, 4.69) is 20.4 Å². The maximum atomic E-state index is 12.8. The summed E-state index contributed by atoms with van der Waals surface area (Å²) in [5.41, 5.74) is 3.76. The van der Waals surface area contributed by atoms with Crippen LogP contribution in [-0.4, -0.2) is 57.1 Å². The molecule has 0 radical (unpaired) electrons. The molecule has 0 unspecified atom stereocenters. The first kappa shape index (κ1) is 21.6. The van der Waals surface area contributed by atoms with Crippen molar-refractivity contribution in [3.05, 3.63) is 59.3 Å². The van der Waals surface area contributed by atoms with Crippen LogP contribution in [-0.2, 0) is 11.2 Å². The SMILES string of the molecule is COCCc1nc(C)nn1-c1cc(C(=O)N[C@@H](C)CO)cc(-c2ccc(C)cn2)c1. The second kappa shape index (κ2) is 9.60. The number of carbonyl (C=O) groups is 1. The molecule has 0 saturated heterocycles. The summed E-state index contributed by atoms with van der Waals surface area (Å²) >= 11 is 0. The van der Waals surface area contributed by atoms with E-state index >= 15 is 0 Å². The van der Waals surface area contributed by atoms with Crippen LogP contribution in [0.3, 0.4) is 0 Å². The number of carbonyl (C=O) groups excluding carboxylic acids is 1. The van der Waals surface area contributed by atoms with E-state index in [1.807, 2.05) is 32.0 Å². The number of methoxy groups -OCH3 is 1. The fourth-order valence-electron chi connectivity index (χ4n) is 3.02. The Balaban J connectivity index is 2.10. The van der Waals surface area contributed by atoms with Gasteiger partial charge in [-0.05, 0) is 50.6 Å². The molecular formula is C22H27N5O3. The molecule has 3 aromatic rings. The van der Waals surface area contributed by atoms with E-state index in [0.29, 0.717) is 30.1 Å². The number of aryl methyl sites for hydroxylation is 2.